The van der Waals surface area contributed by atoms with E-state index in [0.717, 1.165) is 12.1 Å². The summed E-state index contributed by atoms with van der Waals surface area (Å²) in [5, 5.41) is 71.6. The van der Waals surface area contributed by atoms with Crippen molar-refractivity contribution in [2.75, 3.05) is 13.2 Å². The third-order valence-corrected chi connectivity index (χ3v) is 5.90. The predicted octanol–water partition coefficient (Wildman–Crippen LogP) is -4.63. The molecule has 9 N–H and O–H groups in total. The first-order valence-corrected chi connectivity index (χ1v) is 10.4. The van der Waals surface area contributed by atoms with Gasteiger partial charge in [-0.1, -0.05) is 0 Å². The average molecular weight is 497 g/mol. The Morgan fingerprint density at radius 1 is 0.829 bits per heavy atom. The van der Waals surface area contributed by atoms with Crippen molar-refractivity contribution in [1.29, 1.82) is 0 Å². The van der Waals surface area contributed by atoms with Crippen LogP contribution in [0, 0.1) is 0 Å². The second kappa shape index (κ2) is 9.56. The van der Waals surface area contributed by atoms with E-state index in [9.17, 15) is 50.1 Å². The van der Waals surface area contributed by atoms with Gasteiger partial charge in [0.1, 0.15) is 60.2 Å². The number of pyridine rings is 1. The number of aromatic hydroxyl groups is 1. The van der Waals surface area contributed by atoms with Crippen molar-refractivity contribution in [3.8, 4) is 5.88 Å². The average Bonchev–Trinajstić information content (AvgIpc) is 2.80. The molecule has 15 heteroatoms. The number of ether oxygens (including phenoxy) is 2. The van der Waals surface area contributed by atoms with E-state index in [1.807, 2.05) is 5.32 Å². The number of aliphatic imine (C=N–C) groups is 1. The zero-order valence-electron chi connectivity index (χ0n) is 17.8. The number of aliphatic hydroxyl groups excluding tert-OH is 6. The summed E-state index contributed by atoms with van der Waals surface area (Å²) in [7, 11) is 0. The molecule has 8 atom stereocenters. The SMILES string of the molecule is O=C1NC(=O)C(=Nc2cc([C@@H]3OC[C@@H](O)[C@@H](O)[C@H]3O)c(O)[nH]c2=O)C=C1[C@H]1OC[C@H](O)[C@H](O)[C@@H]1O. The van der Waals surface area contributed by atoms with E-state index in [-0.39, 0.29) is 17.7 Å². The Morgan fingerprint density at radius 2 is 1.40 bits per heavy atom. The number of H-pyrrole nitrogens is 1. The second-order valence-electron chi connectivity index (χ2n) is 8.27. The number of amides is 2. The molecule has 3 aliphatic heterocycles. The lowest BCUT2D eigenvalue weighted by Gasteiger charge is -2.36. The fraction of sp³-hybridized carbons (Fsp3) is 0.500. The normalized spacial score (nSPS) is 37.2. The minimum Gasteiger partial charge on any atom is -0.494 e. The highest BCUT2D eigenvalue weighted by Crippen LogP contribution is 2.34. The Kier molecular flexibility index (Phi) is 6.85. The van der Waals surface area contributed by atoms with E-state index in [0.29, 0.717) is 0 Å². The Bertz CT molecular complexity index is 1150. The molecule has 4 rings (SSSR count). The van der Waals surface area contributed by atoms with Crippen LogP contribution in [-0.4, -0.2) is 114 Å². The van der Waals surface area contributed by atoms with Gasteiger partial charge in [-0.2, -0.15) is 0 Å². The monoisotopic (exact) mass is 497 g/mol. The largest absolute Gasteiger partial charge is 0.494 e. The van der Waals surface area contributed by atoms with Gasteiger partial charge in [0, 0.05) is 5.56 Å². The summed E-state index contributed by atoms with van der Waals surface area (Å²) in [4.78, 5) is 43.0. The number of imide groups is 1. The molecule has 0 bridgehead atoms. The molecule has 0 radical (unpaired) electrons. The maximum atomic E-state index is 12.4. The molecule has 1 aromatic heterocycles. The van der Waals surface area contributed by atoms with Gasteiger partial charge < -0.3 is 45.2 Å². The van der Waals surface area contributed by atoms with Crippen molar-refractivity contribution in [3.63, 3.8) is 0 Å². The number of aliphatic hydroxyl groups is 6. The van der Waals surface area contributed by atoms with E-state index in [1.165, 1.54) is 0 Å². The van der Waals surface area contributed by atoms with Crippen molar-refractivity contribution in [2.24, 2.45) is 4.99 Å². The highest BCUT2D eigenvalue weighted by atomic mass is 16.5. The summed E-state index contributed by atoms with van der Waals surface area (Å²) < 4.78 is 10.5. The molecule has 15 nitrogen and oxygen atoms in total. The Balaban J connectivity index is 1.71. The van der Waals surface area contributed by atoms with Gasteiger partial charge in [-0.05, 0) is 12.1 Å². The predicted molar refractivity (Wildman–Crippen MR) is 112 cm³/mol. The summed E-state index contributed by atoms with van der Waals surface area (Å²) in [6, 6.07) is 0.989. The van der Waals surface area contributed by atoms with E-state index in [4.69, 9.17) is 9.47 Å². The van der Waals surface area contributed by atoms with Crippen LogP contribution in [0.4, 0.5) is 5.69 Å². The van der Waals surface area contributed by atoms with Crippen molar-refractivity contribution >= 4 is 23.2 Å². The van der Waals surface area contributed by atoms with Gasteiger partial charge in [-0.3, -0.25) is 24.7 Å². The molecule has 4 heterocycles. The molecule has 0 aliphatic carbocycles. The van der Waals surface area contributed by atoms with Crippen molar-refractivity contribution in [1.82, 2.24) is 10.3 Å². The van der Waals surface area contributed by atoms with Crippen LogP contribution in [0.25, 0.3) is 0 Å². The number of carbonyl (C=O) groups is 2. The lowest BCUT2D eigenvalue weighted by molar-refractivity contribution is -0.189. The van der Waals surface area contributed by atoms with Crippen molar-refractivity contribution in [2.45, 2.75) is 48.8 Å². The molecule has 0 spiro atoms. The summed E-state index contributed by atoms with van der Waals surface area (Å²) in [6.07, 6.45) is -11.2. The molecule has 0 aromatic carbocycles. The van der Waals surface area contributed by atoms with Crippen LogP contribution in [0.3, 0.4) is 0 Å². The van der Waals surface area contributed by atoms with Crippen LogP contribution in [0.1, 0.15) is 11.7 Å². The van der Waals surface area contributed by atoms with Gasteiger partial charge in [0.05, 0.1) is 18.8 Å². The number of hydrogen-bond donors (Lipinski definition) is 9. The highest BCUT2D eigenvalue weighted by Gasteiger charge is 2.43. The lowest BCUT2D eigenvalue weighted by atomic mass is 9.92. The Labute approximate surface area is 195 Å². The van der Waals surface area contributed by atoms with Crippen LogP contribution in [0.2, 0.25) is 0 Å². The third kappa shape index (κ3) is 4.63. The smallest absolute Gasteiger partial charge is 0.276 e. The summed E-state index contributed by atoms with van der Waals surface area (Å²) in [5.41, 5.74) is -2.40. The zero-order chi connectivity index (χ0) is 25.6. The number of aromatic amines is 1. The molecule has 0 saturated carbocycles. The third-order valence-electron chi connectivity index (χ3n) is 5.90. The molecule has 35 heavy (non-hydrogen) atoms. The minimum absolute atomic E-state index is 0.206. The molecule has 0 unspecified atom stereocenters. The van der Waals surface area contributed by atoms with E-state index < -0.39 is 90.1 Å². The first kappa shape index (κ1) is 25.1. The van der Waals surface area contributed by atoms with Gasteiger partial charge in [0.25, 0.3) is 17.4 Å². The summed E-state index contributed by atoms with van der Waals surface area (Å²) in [5.74, 6) is -2.67. The topological polar surface area (TPSA) is 251 Å². The fourth-order valence-electron chi connectivity index (χ4n) is 3.93. The van der Waals surface area contributed by atoms with E-state index >= 15 is 0 Å². The van der Waals surface area contributed by atoms with Crippen LogP contribution in [-0.2, 0) is 19.1 Å². The van der Waals surface area contributed by atoms with Gasteiger partial charge in [0.15, 0.2) is 5.88 Å². The summed E-state index contributed by atoms with van der Waals surface area (Å²) in [6.45, 7) is -0.786. The van der Waals surface area contributed by atoms with Gasteiger partial charge >= 0.3 is 0 Å². The number of nitrogens with zero attached hydrogens (tertiary/aromatic N) is 1. The van der Waals surface area contributed by atoms with Crippen LogP contribution in [0.5, 0.6) is 5.88 Å². The maximum Gasteiger partial charge on any atom is 0.276 e. The molecular formula is C20H23N3O12. The molecule has 2 fully saturated rings. The fourth-order valence-corrected chi connectivity index (χ4v) is 3.93. The quantitative estimate of drug-likeness (QED) is 0.179. The standard InChI is InChI=1S/C20H23N3O12/c24-9-3-34-15(13(28)11(9)26)5-1-7(19(32)22-17(5)30)21-8-2-6(18(31)23-20(8)33)16-14(29)12(27)10(25)4-35-16/h1-2,9-16,24-29H,3-4H2,(H,22,30,32)(H2,23,31,33)/t9-,10+,11-,12+,13-,14+,15+,16-/m0/s1. The second-order valence-corrected chi connectivity index (χ2v) is 8.27. The van der Waals surface area contributed by atoms with Gasteiger partial charge in [-0.15, -0.1) is 0 Å². The Morgan fingerprint density at radius 3 is 2.03 bits per heavy atom. The number of nitrogens with one attached hydrogen (secondary N) is 2. The number of aromatic nitrogens is 1. The molecule has 1 aromatic rings. The molecule has 190 valence electrons. The number of carbonyl (C=O) groups excluding carboxylic acids is 2. The number of rotatable bonds is 3. The first-order valence-electron chi connectivity index (χ1n) is 10.4. The number of hydrogen-bond acceptors (Lipinski definition) is 13. The van der Waals surface area contributed by atoms with E-state index in [2.05, 4.69) is 9.98 Å². The lowest BCUT2D eigenvalue weighted by Crippen LogP contribution is -2.56. The van der Waals surface area contributed by atoms with Crippen LogP contribution in [0.15, 0.2) is 27.5 Å². The molecule has 3 aliphatic rings. The minimum atomic E-state index is -1.71. The molecular weight excluding hydrogens is 474 g/mol. The van der Waals surface area contributed by atoms with Crippen molar-refractivity contribution < 1.29 is 54.8 Å². The molecule has 2 amide bonds. The summed E-state index contributed by atoms with van der Waals surface area (Å²) >= 11 is 0. The first-order chi connectivity index (χ1) is 16.5. The van der Waals surface area contributed by atoms with Crippen molar-refractivity contribution in [3.05, 3.63) is 33.6 Å². The van der Waals surface area contributed by atoms with Crippen LogP contribution >= 0.6 is 0 Å². The van der Waals surface area contributed by atoms with Crippen LogP contribution < -0.4 is 10.9 Å². The highest BCUT2D eigenvalue weighted by molar-refractivity contribution is 6.49. The Hall–Kier alpha value is -3.02. The van der Waals surface area contributed by atoms with E-state index in [1.54, 1.807) is 0 Å². The van der Waals surface area contributed by atoms with Gasteiger partial charge in [-0.25, -0.2) is 4.99 Å². The maximum absolute atomic E-state index is 12.4. The zero-order valence-corrected chi connectivity index (χ0v) is 17.8. The van der Waals surface area contributed by atoms with Gasteiger partial charge in [0.2, 0.25) is 0 Å². The molecule has 2 saturated heterocycles.